The molecule has 0 radical (unpaired) electrons. The number of carbonyl (C=O) groups is 2. The molecule has 0 fully saturated rings. The van der Waals surface area contributed by atoms with Crippen molar-refractivity contribution < 1.29 is 14.3 Å². The number of aryl methyl sites for hydroxylation is 1. The largest absolute Gasteiger partial charge is 0.496 e. The Kier molecular flexibility index (Phi) is 5.03. The van der Waals surface area contributed by atoms with E-state index in [-0.39, 0.29) is 29.9 Å². The fourth-order valence-electron chi connectivity index (χ4n) is 4.44. The smallest absolute Gasteiger partial charge is 0.225 e. The summed E-state index contributed by atoms with van der Waals surface area (Å²) in [4.78, 5) is 25.6. The average molecular weight is 375 g/mol. The number of para-hydroxylation sites is 1. The van der Waals surface area contributed by atoms with Crippen molar-refractivity contribution >= 4 is 11.7 Å². The monoisotopic (exact) mass is 375 g/mol. The van der Waals surface area contributed by atoms with Crippen LogP contribution >= 0.6 is 0 Å². The lowest BCUT2D eigenvalue weighted by Gasteiger charge is -2.35. The Bertz CT molecular complexity index is 943. The van der Waals surface area contributed by atoms with Crippen LogP contribution in [0.25, 0.3) is 0 Å². The number of hydrogen-bond donors (Lipinski definition) is 1. The zero-order chi connectivity index (χ0) is 19.7. The summed E-state index contributed by atoms with van der Waals surface area (Å²) >= 11 is 0. The van der Waals surface area contributed by atoms with Gasteiger partial charge in [-0.05, 0) is 36.0 Å². The van der Waals surface area contributed by atoms with Crippen molar-refractivity contribution in [2.24, 2.45) is 0 Å². The number of benzene rings is 2. The molecule has 0 aromatic heterocycles. The highest BCUT2D eigenvalue weighted by Gasteiger charge is 2.39. The summed E-state index contributed by atoms with van der Waals surface area (Å²) in [7, 11) is 1.62. The van der Waals surface area contributed by atoms with E-state index in [1.807, 2.05) is 24.3 Å². The zero-order valence-corrected chi connectivity index (χ0v) is 16.3. The summed E-state index contributed by atoms with van der Waals surface area (Å²) in [5.41, 5.74) is 4.89. The molecule has 2 unspecified atom stereocenters. The van der Waals surface area contributed by atoms with Crippen LogP contribution in [0.4, 0.5) is 0 Å². The van der Waals surface area contributed by atoms with Crippen molar-refractivity contribution in [3.05, 3.63) is 76.5 Å². The lowest BCUT2D eigenvalue weighted by molar-refractivity contribution is -0.122. The summed E-state index contributed by atoms with van der Waals surface area (Å²) < 4.78 is 5.50. The number of nitrogens with one attached hydrogen (secondary N) is 1. The second-order valence-corrected chi connectivity index (χ2v) is 7.56. The molecule has 1 amide bonds. The maximum absolute atomic E-state index is 13.2. The highest BCUT2D eigenvalue weighted by Crippen LogP contribution is 2.44. The molecule has 0 bridgehead atoms. The van der Waals surface area contributed by atoms with Gasteiger partial charge in [0.25, 0.3) is 0 Å². The van der Waals surface area contributed by atoms with E-state index >= 15 is 0 Å². The van der Waals surface area contributed by atoms with Crippen molar-refractivity contribution in [3.8, 4) is 5.75 Å². The summed E-state index contributed by atoms with van der Waals surface area (Å²) in [6.45, 7) is 2.13. The Hall–Kier alpha value is -2.88. The van der Waals surface area contributed by atoms with Gasteiger partial charge in [-0.1, -0.05) is 49.4 Å². The lowest BCUT2D eigenvalue weighted by Crippen LogP contribution is -2.38. The van der Waals surface area contributed by atoms with Gasteiger partial charge in [-0.25, -0.2) is 0 Å². The third-order valence-corrected chi connectivity index (χ3v) is 5.91. The zero-order valence-electron chi connectivity index (χ0n) is 16.3. The first-order valence-corrected chi connectivity index (χ1v) is 9.88. The molecule has 144 valence electrons. The molecular formula is C24H25NO3. The van der Waals surface area contributed by atoms with Crippen LogP contribution in [0.2, 0.25) is 0 Å². The molecule has 0 saturated heterocycles. The van der Waals surface area contributed by atoms with Crippen molar-refractivity contribution in [2.75, 3.05) is 7.11 Å². The summed E-state index contributed by atoms with van der Waals surface area (Å²) in [6.07, 6.45) is 2.44. The van der Waals surface area contributed by atoms with Gasteiger partial charge < -0.3 is 10.1 Å². The van der Waals surface area contributed by atoms with Gasteiger partial charge in [0, 0.05) is 35.6 Å². The van der Waals surface area contributed by atoms with Gasteiger partial charge in [-0.3, -0.25) is 9.59 Å². The van der Waals surface area contributed by atoms with Crippen LogP contribution in [-0.2, 0) is 16.0 Å². The molecule has 2 aromatic rings. The summed E-state index contributed by atoms with van der Waals surface area (Å²) in [5.74, 6) is 0.676. The number of Topliss-reactive ketones (excluding diaryl/α,β-unsaturated/α-hetero) is 1. The van der Waals surface area contributed by atoms with Crippen molar-refractivity contribution in [3.63, 3.8) is 0 Å². The number of ketones is 1. The molecule has 0 spiro atoms. The van der Waals surface area contributed by atoms with Gasteiger partial charge in [-0.2, -0.15) is 0 Å². The molecule has 2 atom stereocenters. The third-order valence-electron chi connectivity index (χ3n) is 5.91. The molecular weight excluding hydrogens is 350 g/mol. The molecule has 4 nitrogen and oxygen atoms in total. The Balaban J connectivity index is 1.70. The van der Waals surface area contributed by atoms with Crippen molar-refractivity contribution in [2.45, 2.75) is 44.4 Å². The predicted octanol–water partition coefficient (Wildman–Crippen LogP) is 4.26. The highest BCUT2D eigenvalue weighted by molar-refractivity contribution is 6.02. The van der Waals surface area contributed by atoms with Gasteiger partial charge >= 0.3 is 0 Å². The molecule has 1 aliphatic heterocycles. The average Bonchev–Trinajstić information content (AvgIpc) is 2.72. The van der Waals surface area contributed by atoms with Crippen LogP contribution in [0.3, 0.4) is 0 Å². The van der Waals surface area contributed by atoms with Crippen LogP contribution in [-0.4, -0.2) is 18.8 Å². The Labute approximate surface area is 165 Å². The molecule has 0 saturated carbocycles. The Morgan fingerprint density at radius 3 is 2.46 bits per heavy atom. The maximum atomic E-state index is 13.2. The van der Waals surface area contributed by atoms with Crippen molar-refractivity contribution in [1.82, 2.24) is 5.32 Å². The van der Waals surface area contributed by atoms with Crippen LogP contribution < -0.4 is 10.1 Å². The molecule has 4 rings (SSSR count). The van der Waals surface area contributed by atoms with E-state index in [1.165, 1.54) is 5.56 Å². The Morgan fingerprint density at radius 1 is 1.00 bits per heavy atom. The predicted molar refractivity (Wildman–Crippen MR) is 108 cm³/mol. The lowest BCUT2D eigenvalue weighted by atomic mass is 9.73. The van der Waals surface area contributed by atoms with E-state index < -0.39 is 0 Å². The summed E-state index contributed by atoms with van der Waals surface area (Å²) in [6, 6.07) is 16.1. The number of ether oxygens (including phenoxy) is 1. The molecule has 1 heterocycles. The molecule has 1 N–H and O–H groups in total. The standard InChI is InChI=1S/C24H25NO3/c1-3-15-8-10-16(11-9-15)17-12-20-24(21(26)13-17)19(14-23(27)25-20)18-6-4-5-7-22(18)28-2/h4-11,17,19H,3,12-14H2,1-2H3,(H,25,27). The molecule has 1 aliphatic carbocycles. The van der Waals surface area contributed by atoms with Crippen LogP contribution in [0.1, 0.15) is 54.7 Å². The van der Waals surface area contributed by atoms with Gasteiger partial charge in [-0.15, -0.1) is 0 Å². The topological polar surface area (TPSA) is 55.4 Å². The molecule has 4 heteroatoms. The normalized spacial score (nSPS) is 21.9. The van der Waals surface area contributed by atoms with Crippen LogP contribution in [0.15, 0.2) is 59.8 Å². The fourth-order valence-corrected chi connectivity index (χ4v) is 4.44. The minimum Gasteiger partial charge on any atom is -0.496 e. The first kappa shape index (κ1) is 18.5. The number of allylic oxidation sites excluding steroid dienone is 2. The van der Waals surface area contributed by atoms with Gasteiger partial charge in [0.15, 0.2) is 5.78 Å². The van der Waals surface area contributed by atoms with E-state index in [0.29, 0.717) is 12.8 Å². The van der Waals surface area contributed by atoms with Crippen LogP contribution in [0, 0.1) is 0 Å². The number of methoxy groups -OCH3 is 1. The fraction of sp³-hybridized carbons (Fsp3) is 0.333. The summed E-state index contributed by atoms with van der Waals surface area (Å²) in [5, 5.41) is 2.99. The Morgan fingerprint density at radius 2 is 1.75 bits per heavy atom. The molecule has 2 aliphatic rings. The van der Waals surface area contributed by atoms with E-state index in [4.69, 9.17) is 4.74 Å². The van der Waals surface area contributed by atoms with Crippen LogP contribution in [0.5, 0.6) is 5.75 Å². The van der Waals surface area contributed by atoms with Gasteiger partial charge in [0.2, 0.25) is 5.91 Å². The second-order valence-electron chi connectivity index (χ2n) is 7.56. The highest BCUT2D eigenvalue weighted by atomic mass is 16.5. The van der Waals surface area contributed by atoms with E-state index in [2.05, 4.69) is 36.5 Å². The second kappa shape index (κ2) is 7.63. The SMILES string of the molecule is CCc1ccc(C2CC(=O)C3=C(C2)NC(=O)CC3c2ccccc2OC)cc1. The van der Waals surface area contributed by atoms with Gasteiger partial charge in [0.1, 0.15) is 5.75 Å². The maximum Gasteiger partial charge on any atom is 0.225 e. The molecule has 2 aromatic carbocycles. The number of hydrogen-bond acceptors (Lipinski definition) is 3. The first-order chi connectivity index (χ1) is 13.6. The minimum absolute atomic E-state index is 0.0376. The third kappa shape index (κ3) is 3.35. The van der Waals surface area contributed by atoms with Crippen molar-refractivity contribution in [1.29, 1.82) is 0 Å². The number of amides is 1. The number of rotatable bonds is 4. The quantitative estimate of drug-likeness (QED) is 0.869. The minimum atomic E-state index is -0.240. The van der Waals surface area contributed by atoms with E-state index in [1.54, 1.807) is 7.11 Å². The first-order valence-electron chi connectivity index (χ1n) is 9.88. The van der Waals surface area contributed by atoms with Gasteiger partial charge in [0.05, 0.1) is 7.11 Å². The number of carbonyl (C=O) groups excluding carboxylic acids is 2. The molecule has 28 heavy (non-hydrogen) atoms. The van der Waals surface area contributed by atoms with E-state index in [0.717, 1.165) is 34.6 Å². The van der Waals surface area contributed by atoms with E-state index in [9.17, 15) is 9.59 Å².